The van der Waals surface area contributed by atoms with Crippen molar-refractivity contribution in [3.05, 3.63) is 72.1 Å². The highest BCUT2D eigenvalue weighted by Gasteiger charge is 2.09. The highest BCUT2D eigenvalue weighted by molar-refractivity contribution is 5.95. The van der Waals surface area contributed by atoms with E-state index in [1.807, 2.05) is 36.4 Å². The van der Waals surface area contributed by atoms with Crippen LogP contribution in [-0.4, -0.2) is 12.5 Å². The molecule has 0 radical (unpaired) electrons. The minimum atomic E-state index is -0.119. The van der Waals surface area contributed by atoms with Gasteiger partial charge in [-0.3, -0.25) is 4.79 Å². The van der Waals surface area contributed by atoms with Crippen molar-refractivity contribution < 1.29 is 9.53 Å². The molecule has 22 heavy (non-hydrogen) atoms. The van der Waals surface area contributed by atoms with Gasteiger partial charge >= 0.3 is 0 Å². The molecule has 4 nitrogen and oxygen atoms in total. The zero-order chi connectivity index (χ0) is 15.2. The van der Waals surface area contributed by atoms with E-state index < -0.39 is 0 Å². The summed E-state index contributed by atoms with van der Waals surface area (Å²) in [5.41, 5.74) is 0.605. The predicted octanol–water partition coefficient (Wildman–Crippen LogP) is 3.43. The molecule has 0 saturated heterocycles. The molecule has 0 saturated carbocycles. The lowest BCUT2D eigenvalue weighted by Crippen LogP contribution is -2.33. The van der Waals surface area contributed by atoms with E-state index in [4.69, 9.17) is 4.74 Å². The monoisotopic (exact) mass is 294 g/mol. The first kappa shape index (κ1) is 14.2. The highest BCUT2D eigenvalue weighted by Crippen LogP contribution is 2.21. The summed E-state index contributed by atoms with van der Waals surface area (Å²) in [5.74, 6) is 2.15. The van der Waals surface area contributed by atoms with Crippen LogP contribution in [0.3, 0.4) is 0 Å². The van der Waals surface area contributed by atoms with Crippen LogP contribution in [0.15, 0.2) is 66.5 Å². The Balaban J connectivity index is 1.63. The summed E-state index contributed by atoms with van der Waals surface area (Å²) < 4.78 is 5.71. The summed E-state index contributed by atoms with van der Waals surface area (Å²) in [6.07, 6.45) is 4.10. The maximum Gasteiger partial charge on any atom is 0.256 e. The van der Waals surface area contributed by atoms with E-state index in [2.05, 4.69) is 10.6 Å². The van der Waals surface area contributed by atoms with Gasteiger partial charge in [-0.2, -0.15) is 0 Å². The van der Waals surface area contributed by atoms with Crippen molar-refractivity contribution >= 4 is 5.91 Å². The lowest BCUT2D eigenvalue weighted by atomic mass is 10.2. The molecule has 0 aromatic heterocycles. The fraction of sp³-hybridized carbons (Fsp3) is 0.167. The molecule has 1 aliphatic heterocycles. The third-order valence-corrected chi connectivity index (χ3v) is 3.39. The Labute approximate surface area is 129 Å². The number of carbonyl (C=O) groups is 1. The Morgan fingerprint density at radius 2 is 1.73 bits per heavy atom. The van der Waals surface area contributed by atoms with Crippen LogP contribution in [0.1, 0.15) is 23.2 Å². The van der Waals surface area contributed by atoms with Crippen molar-refractivity contribution in [2.24, 2.45) is 0 Å². The summed E-state index contributed by atoms with van der Waals surface area (Å²) >= 11 is 0. The summed E-state index contributed by atoms with van der Waals surface area (Å²) in [6, 6.07) is 16.7. The van der Waals surface area contributed by atoms with E-state index in [1.165, 1.54) is 0 Å². The van der Waals surface area contributed by atoms with Crippen molar-refractivity contribution in [2.75, 3.05) is 6.54 Å². The molecular formula is C18H18N2O2. The highest BCUT2D eigenvalue weighted by atomic mass is 16.5. The average molecular weight is 294 g/mol. The number of nitrogens with one attached hydrogen (secondary N) is 2. The fourth-order valence-corrected chi connectivity index (χ4v) is 2.23. The molecular weight excluding hydrogens is 276 g/mol. The number of rotatable bonds is 4. The van der Waals surface area contributed by atoms with Crippen LogP contribution in [0.4, 0.5) is 0 Å². The number of ether oxygens (including phenoxy) is 1. The molecule has 2 aromatic rings. The lowest BCUT2D eigenvalue weighted by molar-refractivity contribution is 0.0962. The van der Waals surface area contributed by atoms with Gasteiger partial charge in [-0.05, 0) is 55.3 Å². The number of amides is 1. The second-order valence-electron chi connectivity index (χ2n) is 5.08. The minimum absolute atomic E-state index is 0.119. The predicted molar refractivity (Wildman–Crippen MR) is 85.7 cm³/mol. The van der Waals surface area contributed by atoms with Gasteiger partial charge in [0.1, 0.15) is 17.3 Å². The molecule has 0 aliphatic carbocycles. The SMILES string of the molecule is O=C(NC1=CCCCN1)c1ccc(Oc2ccccc2)cc1. The van der Waals surface area contributed by atoms with Crippen molar-refractivity contribution in [3.63, 3.8) is 0 Å². The quantitative estimate of drug-likeness (QED) is 0.908. The molecule has 2 N–H and O–H groups in total. The molecule has 0 atom stereocenters. The molecule has 112 valence electrons. The van der Waals surface area contributed by atoms with E-state index >= 15 is 0 Å². The minimum Gasteiger partial charge on any atom is -0.457 e. The number of allylic oxidation sites excluding steroid dienone is 1. The maximum absolute atomic E-state index is 12.1. The van der Waals surface area contributed by atoms with Crippen LogP contribution in [0, 0.1) is 0 Å². The van der Waals surface area contributed by atoms with Crippen LogP contribution in [-0.2, 0) is 0 Å². The maximum atomic E-state index is 12.1. The van der Waals surface area contributed by atoms with Gasteiger partial charge in [-0.1, -0.05) is 18.2 Å². The van der Waals surface area contributed by atoms with Gasteiger partial charge in [-0.15, -0.1) is 0 Å². The van der Waals surface area contributed by atoms with Gasteiger partial charge < -0.3 is 15.4 Å². The topological polar surface area (TPSA) is 50.4 Å². The summed E-state index contributed by atoms with van der Waals surface area (Å²) in [5, 5.41) is 6.04. The van der Waals surface area contributed by atoms with E-state index in [0.29, 0.717) is 11.3 Å². The Kier molecular flexibility index (Phi) is 4.39. The van der Waals surface area contributed by atoms with E-state index in [-0.39, 0.29) is 5.91 Å². The van der Waals surface area contributed by atoms with Gasteiger partial charge in [0, 0.05) is 12.1 Å². The van der Waals surface area contributed by atoms with Crippen LogP contribution in [0.25, 0.3) is 0 Å². The van der Waals surface area contributed by atoms with Gasteiger partial charge in [0.15, 0.2) is 0 Å². The second-order valence-corrected chi connectivity index (χ2v) is 5.08. The Morgan fingerprint density at radius 3 is 2.41 bits per heavy atom. The van der Waals surface area contributed by atoms with Crippen molar-refractivity contribution in [3.8, 4) is 11.5 Å². The van der Waals surface area contributed by atoms with Crippen LogP contribution < -0.4 is 15.4 Å². The smallest absolute Gasteiger partial charge is 0.256 e. The summed E-state index contributed by atoms with van der Waals surface area (Å²) in [4.78, 5) is 12.1. The van der Waals surface area contributed by atoms with Crippen LogP contribution in [0.5, 0.6) is 11.5 Å². The van der Waals surface area contributed by atoms with Gasteiger partial charge in [0.05, 0.1) is 0 Å². The zero-order valence-corrected chi connectivity index (χ0v) is 12.2. The van der Waals surface area contributed by atoms with Gasteiger partial charge in [0.25, 0.3) is 5.91 Å². The van der Waals surface area contributed by atoms with Crippen LogP contribution >= 0.6 is 0 Å². The summed E-state index contributed by atoms with van der Waals surface area (Å²) in [6.45, 7) is 0.899. The largest absolute Gasteiger partial charge is 0.457 e. The average Bonchev–Trinajstić information content (AvgIpc) is 2.57. The molecule has 3 rings (SSSR count). The van der Waals surface area contributed by atoms with Crippen molar-refractivity contribution in [1.29, 1.82) is 0 Å². The summed E-state index contributed by atoms with van der Waals surface area (Å²) in [7, 11) is 0. The molecule has 0 fully saturated rings. The molecule has 1 aliphatic rings. The molecule has 0 spiro atoms. The first-order chi connectivity index (χ1) is 10.8. The molecule has 0 unspecified atom stereocenters. The molecule has 2 aromatic carbocycles. The molecule has 4 heteroatoms. The molecule has 0 bridgehead atoms. The number of benzene rings is 2. The Morgan fingerprint density at radius 1 is 1.00 bits per heavy atom. The van der Waals surface area contributed by atoms with Gasteiger partial charge in [-0.25, -0.2) is 0 Å². The van der Waals surface area contributed by atoms with Crippen LogP contribution in [0.2, 0.25) is 0 Å². The first-order valence-corrected chi connectivity index (χ1v) is 7.39. The number of hydrogen-bond acceptors (Lipinski definition) is 3. The standard InChI is InChI=1S/C18H18N2O2/c21-18(20-17-8-4-5-13-19-17)14-9-11-16(12-10-14)22-15-6-2-1-3-7-15/h1-3,6-12,19H,4-5,13H2,(H,20,21). The zero-order valence-electron chi connectivity index (χ0n) is 12.2. The van der Waals surface area contributed by atoms with Gasteiger partial charge in [0.2, 0.25) is 0 Å². The Hall–Kier alpha value is -2.75. The third kappa shape index (κ3) is 3.67. The Bertz CT molecular complexity index is 663. The third-order valence-electron chi connectivity index (χ3n) is 3.39. The molecule has 1 amide bonds. The first-order valence-electron chi connectivity index (χ1n) is 7.39. The van der Waals surface area contributed by atoms with E-state index in [9.17, 15) is 4.79 Å². The number of carbonyl (C=O) groups excluding carboxylic acids is 1. The van der Waals surface area contributed by atoms with E-state index in [0.717, 1.165) is 31.0 Å². The fourth-order valence-electron chi connectivity index (χ4n) is 2.23. The van der Waals surface area contributed by atoms with E-state index in [1.54, 1.807) is 24.3 Å². The number of para-hydroxylation sites is 1. The second kappa shape index (κ2) is 6.80. The van der Waals surface area contributed by atoms with Crippen molar-refractivity contribution in [2.45, 2.75) is 12.8 Å². The number of hydrogen-bond donors (Lipinski definition) is 2. The van der Waals surface area contributed by atoms with Crippen molar-refractivity contribution in [1.82, 2.24) is 10.6 Å². The lowest BCUT2D eigenvalue weighted by Gasteiger charge is -2.16. The molecule has 1 heterocycles. The normalized spacial score (nSPS) is 13.7.